The Labute approximate surface area is 73.0 Å². The first-order valence-corrected chi connectivity index (χ1v) is 4.67. The zero-order valence-electron chi connectivity index (χ0n) is 7.64. The van der Waals surface area contributed by atoms with Gasteiger partial charge in [0.15, 0.2) is 5.79 Å². The van der Waals surface area contributed by atoms with Gasteiger partial charge in [0.1, 0.15) is 6.67 Å². The SMILES string of the molecule is CCCOC1(CF)CCCCO1. The largest absolute Gasteiger partial charge is 0.347 e. The highest BCUT2D eigenvalue weighted by molar-refractivity contribution is 4.72. The Morgan fingerprint density at radius 2 is 2.33 bits per heavy atom. The molecule has 1 unspecified atom stereocenters. The molecule has 0 saturated carbocycles. The molecule has 0 aromatic rings. The van der Waals surface area contributed by atoms with E-state index in [0.717, 1.165) is 19.3 Å². The Kier molecular flexibility index (Phi) is 3.95. The maximum atomic E-state index is 12.6. The number of hydrogen-bond donors (Lipinski definition) is 0. The maximum Gasteiger partial charge on any atom is 0.196 e. The zero-order valence-corrected chi connectivity index (χ0v) is 7.64. The van der Waals surface area contributed by atoms with Crippen LogP contribution in [0.25, 0.3) is 0 Å². The van der Waals surface area contributed by atoms with Crippen LogP contribution in [-0.4, -0.2) is 25.7 Å². The molecule has 0 amide bonds. The lowest BCUT2D eigenvalue weighted by molar-refractivity contribution is -0.262. The molecule has 12 heavy (non-hydrogen) atoms. The van der Waals surface area contributed by atoms with Gasteiger partial charge < -0.3 is 9.47 Å². The van der Waals surface area contributed by atoms with Gasteiger partial charge in [-0.3, -0.25) is 0 Å². The molecule has 0 aromatic carbocycles. The molecule has 2 nitrogen and oxygen atoms in total. The molecule has 3 heteroatoms. The highest BCUT2D eigenvalue weighted by Crippen LogP contribution is 2.26. The molecule has 72 valence electrons. The fourth-order valence-corrected chi connectivity index (χ4v) is 1.37. The van der Waals surface area contributed by atoms with Crippen LogP contribution in [0.5, 0.6) is 0 Å². The molecule has 0 bridgehead atoms. The highest BCUT2D eigenvalue weighted by Gasteiger charge is 2.34. The Balaban J connectivity index is 2.37. The van der Waals surface area contributed by atoms with Crippen LogP contribution in [0.2, 0.25) is 0 Å². The quantitative estimate of drug-likeness (QED) is 0.654. The number of rotatable bonds is 4. The first-order valence-electron chi connectivity index (χ1n) is 4.67. The summed E-state index contributed by atoms with van der Waals surface area (Å²) in [4.78, 5) is 0. The minimum Gasteiger partial charge on any atom is -0.347 e. The average Bonchev–Trinajstić information content (AvgIpc) is 2.16. The summed E-state index contributed by atoms with van der Waals surface area (Å²) in [5, 5.41) is 0. The van der Waals surface area contributed by atoms with Gasteiger partial charge in [-0.2, -0.15) is 0 Å². The summed E-state index contributed by atoms with van der Waals surface area (Å²) in [6.07, 6.45) is 3.64. The van der Waals surface area contributed by atoms with Crippen molar-refractivity contribution in [2.75, 3.05) is 19.9 Å². The summed E-state index contributed by atoms with van der Waals surface area (Å²) in [5.41, 5.74) is 0. The van der Waals surface area contributed by atoms with Crippen molar-refractivity contribution in [1.82, 2.24) is 0 Å². The van der Waals surface area contributed by atoms with Gasteiger partial charge >= 0.3 is 0 Å². The number of halogens is 1. The van der Waals surface area contributed by atoms with E-state index < -0.39 is 12.5 Å². The monoisotopic (exact) mass is 176 g/mol. The minimum atomic E-state index is -0.895. The van der Waals surface area contributed by atoms with E-state index in [4.69, 9.17) is 9.47 Å². The Morgan fingerprint density at radius 3 is 2.83 bits per heavy atom. The minimum absolute atomic E-state index is 0.521. The van der Waals surface area contributed by atoms with Crippen molar-refractivity contribution in [3.8, 4) is 0 Å². The zero-order chi connectivity index (χ0) is 8.86. The predicted molar refractivity (Wildman–Crippen MR) is 44.8 cm³/mol. The van der Waals surface area contributed by atoms with Crippen LogP contribution in [0.1, 0.15) is 32.6 Å². The molecular weight excluding hydrogens is 159 g/mol. The number of hydrogen-bond acceptors (Lipinski definition) is 2. The molecule has 0 aliphatic carbocycles. The third-order valence-corrected chi connectivity index (χ3v) is 2.09. The average molecular weight is 176 g/mol. The van der Waals surface area contributed by atoms with Gasteiger partial charge in [-0.05, 0) is 19.3 Å². The van der Waals surface area contributed by atoms with Gasteiger partial charge in [0.05, 0.1) is 6.61 Å². The van der Waals surface area contributed by atoms with Crippen LogP contribution in [0.15, 0.2) is 0 Å². The number of ether oxygens (including phenoxy) is 2. The van der Waals surface area contributed by atoms with Gasteiger partial charge in [0.2, 0.25) is 0 Å². The second-order valence-electron chi connectivity index (χ2n) is 3.20. The molecule has 1 rings (SSSR count). The van der Waals surface area contributed by atoms with E-state index in [0.29, 0.717) is 19.6 Å². The van der Waals surface area contributed by atoms with Gasteiger partial charge in [-0.1, -0.05) is 6.92 Å². The maximum absolute atomic E-state index is 12.6. The molecule has 0 radical (unpaired) electrons. The van der Waals surface area contributed by atoms with E-state index in [1.807, 2.05) is 6.92 Å². The summed E-state index contributed by atoms with van der Waals surface area (Å²) >= 11 is 0. The van der Waals surface area contributed by atoms with Crippen molar-refractivity contribution in [3.05, 3.63) is 0 Å². The lowest BCUT2D eigenvalue weighted by Crippen LogP contribution is -2.41. The second-order valence-corrected chi connectivity index (χ2v) is 3.20. The lowest BCUT2D eigenvalue weighted by Gasteiger charge is -2.34. The van der Waals surface area contributed by atoms with E-state index in [2.05, 4.69) is 0 Å². The molecule has 0 N–H and O–H groups in total. The molecule has 1 fully saturated rings. The third kappa shape index (κ3) is 2.42. The van der Waals surface area contributed by atoms with Crippen molar-refractivity contribution in [2.45, 2.75) is 38.4 Å². The van der Waals surface area contributed by atoms with Crippen molar-refractivity contribution in [2.24, 2.45) is 0 Å². The molecule has 1 atom stereocenters. The summed E-state index contributed by atoms with van der Waals surface area (Å²) in [5.74, 6) is -0.895. The third-order valence-electron chi connectivity index (χ3n) is 2.09. The van der Waals surface area contributed by atoms with Crippen LogP contribution in [0.4, 0.5) is 4.39 Å². The Morgan fingerprint density at radius 1 is 1.50 bits per heavy atom. The molecule has 1 aliphatic rings. The predicted octanol–water partition coefficient (Wildman–Crippen LogP) is 2.28. The highest BCUT2D eigenvalue weighted by atomic mass is 19.1. The van der Waals surface area contributed by atoms with Gasteiger partial charge in [-0.25, -0.2) is 4.39 Å². The number of alkyl halides is 1. The lowest BCUT2D eigenvalue weighted by atomic mass is 10.1. The fraction of sp³-hybridized carbons (Fsp3) is 1.00. The fourth-order valence-electron chi connectivity index (χ4n) is 1.37. The smallest absolute Gasteiger partial charge is 0.196 e. The van der Waals surface area contributed by atoms with Crippen LogP contribution in [0, 0.1) is 0 Å². The molecular formula is C9H17FO2. The van der Waals surface area contributed by atoms with Crippen LogP contribution in [0.3, 0.4) is 0 Å². The van der Waals surface area contributed by atoms with Gasteiger partial charge in [0, 0.05) is 13.0 Å². The molecule has 0 aromatic heterocycles. The second kappa shape index (κ2) is 4.77. The van der Waals surface area contributed by atoms with Gasteiger partial charge in [-0.15, -0.1) is 0 Å². The topological polar surface area (TPSA) is 18.5 Å². The molecule has 1 aliphatic heterocycles. The Hall–Kier alpha value is -0.150. The van der Waals surface area contributed by atoms with E-state index in [1.165, 1.54) is 0 Å². The van der Waals surface area contributed by atoms with Crippen molar-refractivity contribution in [1.29, 1.82) is 0 Å². The summed E-state index contributed by atoms with van der Waals surface area (Å²) in [6.45, 7) is 2.71. The normalized spacial score (nSPS) is 30.5. The Bertz CT molecular complexity index is 122. The molecule has 1 heterocycles. The molecule has 0 spiro atoms. The summed E-state index contributed by atoms with van der Waals surface area (Å²) in [6, 6.07) is 0. The summed E-state index contributed by atoms with van der Waals surface area (Å²) in [7, 11) is 0. The first kappa shape index (κ1) is 9.93. The van der Waals surface area contributed by atoms with Crippen molar-refractivity contribution >= 4 is 0 Å². The first-order chi connectivity index (χ1) is 5.83. The van der Waals surface area contributed by atoms with Crippen LogP contribution < -0.4 is 0 Å². The van der Waals surface area contributed by atoms with E-state index in [-0.39, 0.29) is 0 Å². The molecule has 1 saturated heterocycles. The summed E-state index contributed by atoms with van der Waals surface area (Å²) < 4.78 is 23.3. The van der Waals surface area contributed by atoms with Crippen molar-refractivity contribution in [3.63, 3.8) is 0 Å². The van der Waals surface area contributed by atoms with Crippen LogP contribution >= 0.6 is 0 Å². The van der Waals surface area contributed by atoms with E-state index in [9.17, 15) is 4.39 Å². The van der Waals surface area contributed by atoms with E-state index in [1.54, 1.807) is 0 Å². The van der Waals surface area contributed by atoms with E-state index >= 15 is 0 Å². The van der Waals surface area contributed by atoms with Crippen LogP contribution in [-0.2, 0) is 9.47 Å². The standard InChI is InChI=1S/C9H17FO2/c1-2-6-11-9(8-10)5-3-4-7-12-9/h2-8H2,1H3. The van der Waals surface area contributed by atoms with Crippen molar-refractivity contribution < 1.29 is 13.9 Å². The van der Waals surface area contributed by atoms with Gasteiger partial charge in [0.25, 0.3) is 0 Å².